The molecule has 0 saturated carbocycles. The SMILES string of the molecule is CC(C)S(=O)(=O)C(C)(C)C(=O)Cc1nc(-c2ccncc2)cs1. The van der Waals surface area contributed by atoms with Crippen molar-refractivity contribution in [3.05, 3.63) is 34.9 Å². The van der Waals surface area contributed by atoms with E-state index in [4.69, 9.17) is 0 Å². The third-order valence-corrected chi connectivity index (χ3v) is 7.58. The molecule has 2 aromatic heterocycles. The first-order chi connectivity index (χ1) is 10.7. The number of carbonyl (C=O) groups is 1. The number of hydrogen-bond acceptors (Lipinski definition) is 6. The molecule has 5 nitrogen and oxygen atoms in total. The van der Waals surface area contributed by atoms with Crippen LogP contribution in [-0.2, 0) is 21.1 Å². The lowest BCUT2D eigenvalue weighted by Gasteiger charge is -2.25. The predicted octanol–water partition coefficient (Wildman–Crippen LogP) is 2.92. The highest BCUT2D eigenvalue weighted by Gasteiger charge is 2.43. The van der Waals surface area contributed by atoms with E-state index >= 15 is 0 Å². The van der Waals surface area contributed by atoms with Crippen LogP contribution in [0.15, 0.2) is 29.9 Å². The second-order valence-electron chi connectivity index (χ2n) is 6.07. The fourth-order valence-corrected chi connectivity index (χ4v) is 4.52. The normalized spacial score (nSPS) is 12.6. The van der Waals surface area contributed by atoms with E-state index in [1.54, 1.807) is 26.2 Å². The highest BCUT2D eigenvalue weighted by Crippen LogP contribution is 2.26. The Kier molecular flexibility index (Phi) is 5.01. The van der Waals surface area contributed by atoms with Crippen LogP contribution in [-0.4, -0.2) is 34.2 Å². The largest absolute Gasteiger partial charge is 0.297 e. The Labute approximate surface area is 140 Å². The summed E-state index contributed by atoms with van der Waals surface area (Å²) in [5.41, 5.74) is 1.69. The fraction of sp³-hybridized carbons (Fsp3) is 0.438. The molecule has 0 unspecified atom stereocenters. The van der Waals surface area contributed by atoms with Crippen LogP contribution >= 0.6 is 11.3 Å². The Balaban J connectivity index is 2.20. The first-order valence-electron chi connectivity index (χ1n) is 7.28. The number of rotatable bonds is 6. The van der Waals surface area contributed by atoms with E-state index in [1.165, 1.54) is 25.2 Å². The average molecular weight is 352 g/mol. The van der Waals surface area contributed by atoms with E-state index < -0.39 is 19.8 Å². The third kappa shape index (κ3) is 3.50. The molecule has 124 valence electrons. The number of pyridine rings is 1. The zero-order chi connectivity index (χ0) is 17.3. The first-order valence-corrected chi connectivity index (χ1v) is 9.70. The number of ketones is 1. The predicted molar refractivity (Wildman–Crippen MR) is 92.2 cm³/mol. The van der Waals surface area contributed by atoms with E-state index in [0.717, 1.165) is 11.3 Å². The topological polar surface area (TPSA) is 77.0 Å². The van der Waals surface area contributed by atoms with Gasteiger partial charge in [0.1, 0.15) is 9.75 Å². The van der Waals surface area contributed by atoms with Crippen LogP contribution in [0.1, 0.15) is 32.7 Å². The molecular weight excluding hydrogens is 332 g/mol. The summed E-state index contributed by atoms with van der Waals surface area (Å²) < 4.78 is 23.3. The summed E-state index contributed by atoms with van der Waals surface area (Å²) in [6.07, 6.45) is 3.38. The Hall–Kier alpha value is -1.60. The maximum Gasteiger partial charge on any atom is 0.164 e. The van der Waals surface area contributed by atoms with Crippen molar-refractivity contribution in [2.45, 2.75) is 44.1 Å². The van der Waals surface area contributed by atoms with Crippen molar-refractivity contribution in [2.75, 3.05) is 0 Å². The molecule has 0 saturated heterocycles. The lowest BCUT2D eigenvalue weighted by molar-refractivity contribution is -0.120. The van der Waals surface area contributed by atoms with Gasteiger partial charge in [-0.2, -0.15) is 0 Å². The van der Waals surface area contributed by atoms with Gasteiger partial charge >= 0.3 is 0 Å². The molecule has 0 amide bonds. The molecule has 2 heterocycles. The highest BCUT2D eigenvalue weighted by molar-refractivity contribution is 7.94. The molecule has 0 aliphatic carbocycles. The molecular formula is C16H20N2O3S2. The van der Waals surface area contributed by atoms with Crippen molar-refractivity contribution in [3.63, 3.8) is 0 Å². The lowest BCUT2D eigenvalue weighted by atomic mass is 10.1. The van der Waals surface area contributed by atoms with Gasteiger partial charge in [0.05, 0.1) is 17.4 Å². The molecule has 0 bridgehead atoms. The number of hydrogen-bond donors (Lipinski definition) is 0. The van der Waals surface area contributed by atoms with Gasteiger partial charge in [0.15, 0.2) is 15.6 Å². The van der Waals surface area contributed by atoms with E-state index in [0.29, 0.717) is 5.01 Å². The molecule has 0 spiro atoms. The number of carbonyl (C=O) groups excluding carboxylic acids is 1. The van der Waals surface area contributed by atoms with Crippen molar-refractivity contribution in [3.8, 4) is 11.3 Å². The van der Waals surface area contributed by atoms with Gasteiger partial charge < -0.3 is 0 Å². The summed E-state index contributed by atoms with van der Waals surface area (Å²) in [7, 11) is -3.52. The molecule has 0 aliphatic rings. The highest BCUT2D eigenvalue weighted by atomic mass is 32.2. The summed E-state index contributed by atoms with van der Waals surface area (Å²) in [6, 6.07) is 3.68. The molecule has 0 radical (unpaired) electrons. The maximum atomic E-state index is 12.5. The van der Waals surface area contributed by atoms with E-state index in [-0.39, 0.29) is 12.2 Å². The third-order valence-electron chi connectivity index (χ3n) is 3.84. The standard InChI is InChI=1S/C16H20N2O3S2/c1-11(2)23(20,21)16(3,4)14(19)9-15-18-13(10-22-15)12-5-7-17-8-6-12/h5-8,10-11H,9H2,1-4H3. The van der Waals surface area contributed by atoms with Crippen LogP contribution in [0.2, 0.25) is 0 Å². The van der Waals surface area contributed by atoms with Gasteiger partial charge in [-0.1, -0.05) is 0 Å². The molecule has 0 aromatic carbocycles. The summed E-state index contributed by atoms with van der Waals surface area (Å²) in [5, 5.41) is 1.89. The summed E-state index contributed by atoms with van der Waals surface area (Å²) in [5.74, 6) is -0.332. The molecule has 0 fully saturated rings. The molecule has 0 aliphatic heterocycles. The molecule has 2 aromatic rings. The minimum absolute atomic E-state index is 0.0225. The maximum absolute atomic E-state index is 12.5. The number of nitrogens with zero attached hydrogens (tertiary/aromatic N) is 2. The van der Waals surface area contributed by atoms with Crippen molar-refractivity contribution in [1.29, 1.82) is 0 Å². The molecule has 23 heavy (non-hydrogen) atoms. The van der Waals surface area contributed by atoms with Crippen molar-refractivity contribution < 1.29 is 13.2 Å². The second-order valence-corrected chi connectivity index (χ2v) is 10.1. The van der Waals surface area contributed by atoms with Crippen LogP contribution in [0.5, 0.6) is 0 Å². The monoisotopic (exact) mass is 352 g/mol. The average Bonchev–Trinajstić information content (AvgIpc) is 2.96. The summed E-state index contributed by atoms with van der Waals surface area (Å²) >= 11 is 1.36. The van der Waals surface area contributed by atoms with E-state index in [9.17, 15) is 13.2 Å². The van der Waals surface area contributed by atoms with E-state index in [1.807, 2.05) is 17.5 Å². The minimum atomic E-state index is -3.52. The quantitative estimate of drug-likeness (QED) is 0.799. The zero-order valence-corrected chi connectivity index (χ0v) is 15.2. The second kappa shape index (κ2) is 6.49. The Bertz CT molecular complexity index is 794. The van der Waals surface area contributed by atoms with Crippen LogP contribution in [0.4, 0.5) is 0 Å². The van der Waals surface area contributed by atoms with Gasteiger partial charge in [0.25, 0.3) is 0 Å². The summed E-state index contributed by atoms with van der Waals surface area (Å²) in [4.78, 5) is 20.9. The van der Waals surface area contributed by atoms with Crippen molar-refractivity contribution in [2.24, 2.45) is 0 Å². The Morgan fingerprint density at radius 1 is 1.26 bits per heavy atom. The van der Waals surface area contributed by atoms with Crippen molar-refractivity contribution >= 4 is 27.0 Å². The first kappa shape index (κ1) is 17.7. The van der Waals surface area contributed by atoms with Gasteiger partial charge in [-0.3, -0.25) is 9.78 Å². The molecule has 0 N–H and O–H groups in total. The van der Waals surface area contributed by atoms with E-state index in [2.05, 4.69) is 9.97 Å². The number of aromatic nitrogens is 2. The van der Waals surface area contributed by atoms with Crippen LogP contribution in [0.25, 0.3) is 11.3 Å². The minimum Gasteiger partial charge on any atom is -0.297 e. The van der Waals surface area contributed by atoms with Gasteiger partial charge in [-0.15, -0.1) is 11.3 Å². The Morgan fingerprint density at radius 3 is 2.43 bits per heavy atom. The number of Topliss-reactive ketones (excluding diaryl/α,β-unsaturated/α-hetero) is 1. The molecule has 2 rings (SSSR count). The molecule has 7 heteroatoms. The van der Waals surface area contributed by atoms with Crippen LogP contribution in [0, 0.1) is 0 Å². The van der Waals surface area contributed by atoms with Gasteiger partial charge in [-0.25, -0.2) is 13.4 Å². The molecule has 0 atom stereocenters. The zero-order valence-electron chi connectivity index (χ0n) is 13.6. The van der Waals surface area contributed by atoms with Gasteiger partial charge in [0, 0.05) is 23.3 Å². The van der Waals surface area contributed by atoms with Crippen LogP contribution in [0.3, 0.4) is 0 Å². The Morgan fingerprint density at radius 2 is 1.87 bits per heavy atom. The fourth-order valence-electron chi connectivity index (χ4n) is 2.15. The van der Waals surface area contributed by atoms with Gasteiger partial charge in [0.2, 0.25) is 0 Å². The smallest absolute Gasteiger partial charge is 0.164 e. The number of sulfone groups is 1. The lowest BCUT2D eigenvalue weighted by Crippen LogP contribution is -2.45. The summed E-state index contributed by atoms with van der Waals surface area (Å²) in [6.45, 7) is 6.13. The number of thiazole rings is 1. The van der Waals surface area contributed by atoms with Crippen LogP contribution < -0.4 is 0 Å². The van der Waals surface area contributed by atoms with Gasteiger partial charge in [-0.05, 0) is 39.8 Å². The van der Waals surface area contributed by atoms with Crippen molar-refractivity contribution in [1.82, 2.24) is 9.97 Å².